The maximum atomic E-state index is 11.1. The Bertz CT molecular complexity index is 566. The Balaban J connectivity index is 0.00000144. The first kappa shape index (κ1) is 14.7. The molecule has 0 amide bonds. The van der Waals surface area contributed by atoms with E-state index in [9.17, 15) is 23.2 Å². The van der Waals surface area contributed by atoms with Gasteiger partial charge in [-0.3, -0.25) is 0 Å². The summed E-state index contributed by atoms with van der Waals surface area (Å²) in [5, 5.41) is 19.5. The monoisotopic (exact) mass is 264 g/mol. The summed E-state index contributed by atoms with van der Waals surface area (Å²) in [6.07, 6.45) is 2.58. The van der Waals surface area contributed by atoms with Crippen LogP contribution in [0.5, 0.6) is 5.75 Å². The van der Waals surface area contributed by atoms with Crippen molar-refractivity contribution < 1.29 is 52.7 Å². The van der Waals surface area contributed by atoms with Crippen LogP contribution >= 0.6 is 0 Å². The van der Waals surface area contributed by atoms with Crippen LogP contribution < -0.4 is 29.6 Å². The molecule has 1 aliphatic carbocycles. The second-order valence-electron chi connectivity index (χ2n) is 3.59. The third-order valence-corrected chi connectivity index (χ3v) is 3.77. The van der Waals surface area contributed by atoms with E-state index in [-0.39, 0.29) is 41.5 Å². The van der Waals surface area contributed by atoms with Crippen molar-refractivity contribution >= 4 is 16.2 Å². The minimum absolute atomic E-state index is 0. The van der Waals surface area contributed by atoms with Crippen molar-refractivity contribution in [1.29, 1.82) is 0 Å². The smallest absolute Gasteiger partial charge is 0.745 e. The van der Waals surface area contributed by atoms with E-state index in [2.05, 4.69) is 0 Å². The van der Waals surface area contributed by atoms with Gasteiger partial charge in [0.1, 0.15) is 15.9 Å². The summed E-state index contributed by atoms with van der Waals surface area (Å²) in [4.78, 5) is -2.58. The molecule has 2 rings (SSSR count). The maximum Gasteiger partial charge on any atom is 1.00 e. The topological polar surface area (TPSA) is 97.7 Å². The number of phenols is 1. The quantitative estimate of drug-likeness (QED) is 0.432. The second-order valence-corrected chi connectivity index (χ2v) is 5.17. The van der Waals surface area contributed by atoms with E-state index in [1.165, 1.54) is 24.3 Å². The summed E-state index contributed by atoms with van der Waals surface area (Å²) in [5.74, 6) is -0.399. The van der Waals surface area contributed by atoms with Crippen LogP contribution in [0.3, 0.4) is 0 Å². The van der Waals surface area contributed by atoms with Gasteiger partial charge in [-0.1, -0.05) is 24.3 Å². The second kappa shape index (κ2) is 4.72. The molecule has 0 fully saturated rings. The summed E-state index contributed by atoms with van der Waals surface area (Å²) in [6, 6.07) is 4.25. The number of hydrogen-bond acceptors (Lipinski definition) is 5. The van der Waals surface area contributed by atoms with Gasteiger partial charge < -0.3 is 14.8 Å². The van der Waals surface area contributed by atoms with Gasteiger partial charge in [-0.05, 0) is 11.6 Å². The number of hydrogen-bond donors (Lipinski definition) is 2. The van der Waals surface area contributed by atoms with E-state index in [1.54, 1.807) is 6.08 Å². The first-order chi connectivity index (χ1) is 7.36. The molecule has 7 heteroatoms. The van der Waals surface area contributed by atoms with Crippen LogP contribution in [-0.2, 0) is 15.1 Å². The predicted molar refractivity (Wildman–Crippen MR) is 55.4 cm³/mol. The molecule has 0 aromatic heterocycles. The molecule has 0 heterocycles. The van der Waals surface area contributed by atoms with Crippen molar-refractivity contribution in [3.63, 3.8) is 0 Å². The molecule has 0 spiro atoms. The zero-order chi connectivity index (χ0) is 12.0. The molecule has 5 nitrogen and oxygen atoms in total. The van der Waals surface area contributed by atoms with Crippen LogP contribution in [-0.4, -0.2) is 23.2 Å². The van der Waals surface area contributed by atoms with Gasteiger partial charge in [0.15, 0.2) is 4.93 Å². The number of phenolic OH excluding ortho intramolecular Hbond substituents is 1. The third-order valence-electron chi connectivity index (χ3n) is 2.57. The number of rotatable bonds is 1. The summed E-state index contributed by atoms with van der Waals surface area (Å²) < 4.78 is 33.2. The standard InChI is InChI=1S/C10H10O5S.Na/c11-8-5-1-3-7-4-2-6-10(12,9(7)8)16(13,14)15;/h1-5,11-12H,6H2,(H,13,14,15);/q;+1/p-1. The van der Waals surface area contributed by atoms with Crippen molar-refractivity contribution in [3.8, 4) is 5.75 Å². The van der Waals surface area contributed by atoms with Crippen LogP contribution in [0.1, 0.15) is 17.5 Å². The average molecular weight is 264 g/mol. The Labute approximate surface area is 121 Å². The predicted octanol–water partition coefficient (Wildman–Crippen LogP) is -2.50. The van der Waals surface area contributed by atoms with E-state index in [0.717, 1.165) is 0 Å². The Morgan fingerprint density at radius 3 is 2.59 bits per heavy atom. The van der Waals surface area contributed by atoms with E-state index in [0.29, 0.717) is 5.56 Å². The van der Waals surface area contributed by atoms with Crippen LogP contribution in [0, 0.1) is 0 Å². The number of fused-ring (bicyclic) bond motifs is 1. The van der Waals surface area contributed by atoms with Gasteiger partial charge in [0.05, 0.1) is 0 Å². The molecule has 1 atom stereocenters. The van der Waals surface area contributed by atoms with Crippen LogP contribution in [0.15, 0.2) is 24.3 Å². The van der Waals surface area contributed by atoms with E-state index in [1.807, 2.05) is 0 Å². The van der Waals surface area contributed by atoms with Crippen LogP contribution in [0.4, 0.5) is 0 Å². The van der Waals surface area contributed by atoms with E-state index < -0.39 is 20.8 Å². The van der Waals surface area contributed by atoms with Crippen LogP contribution in [0.2, 0.25) is 0 Å². The van der Waals surface area contributed by atoms with Gasteiger partial charge in [-0.15, -0.1) is 0 Å². The van der Waals surface area contributed by atoms with E-state index in [4.69, 9.17) is 0 Å². The van der Waals surface area contributed by atoms with Crippen molar-refractivity contribution in [1.82, 2.24) is 0 Å². The SMILES string of the molecule is O=S(=O)([O-])C1(O)CC=Cc2cccc(O)c21.[Na+]. The minimum atomic E-state index is -4.97. The fraction of sp³-hybridized carbons (Fsp3) is 0.200. The van der Waals surface area contributed by atoms with Crippen molar-refractivity contribution in [2.24, 2.45) is 0 Å². The van der Waals surface area contributed by atoms with Crippen molar-refractivity contribution in [3.05, 3.63) is 35.4 Å². The summed E-state index contributed by atoms with van der Waals surface area (Å²) in [5.41, 5.74) is 0.0840. The average Bonchev–Trinajstić information content (AvgIpc) is 2.16. The minimum Gasteiger partial charge on any atom is -0.745 e. The molecule has 86 valence electrons. The molecule has 0 saturated carbocycles. The number of aromatic hydroxyl groups is 1. The molecule has 1 aliphatic rings. The zero-order valence-electron chi connectivity index (χ0n) is 9.12. The van der Waals surface area contributed by atoms with Crippen molar-refractivity contribution in [2.45, 2.75) is 11.4 Å². The van der Waals surface area contributed by atoms with Gasteiger partial charge in [0, 0.05) is 12.0 Å². The molecule has 17 heavy (non-hydrogen) atoms. The zero-order valence-corrected chi connectivity index (χ0v) is 11.9. The Hall–Kier alpha value is -0.370. The van der Waals surface area contributed by atoms with Gasteiger partial charge >= 0.3 is 29.6 Å². The molecular weight excluding hydrogens is 255 g/mol. The Kier molecular flexibility index (Phi) is 4.08. The van der Waals surface area contributed by atoms with E-state index >= 15 is 0 Å². The molecule has 1 unspecified atom stereocenters. The molecule has 1 aromatic rings. The Morgan fingerprint density at radius 1 is 1.35 bits per heavy atom. The summed E-state index contributed by atoms with van der Waals surface area (Å²) >= 11 is 0. The van der Waals surface area contributed by atoms with Gasteiger partial charge in [0.25, 0.3) is 0 Å². The molecule has 0 saturated heterocycles. The fourth-order valence-corrected chi connectivity index (χ4v) is 2.57. The molecular formula is C10H9NaO5S. The normalized spacial score (nSPS) is 22.7. The summed E-state index contributed by atoms with van der Waals surface area (Å²) in [6.45, 7) is 0. The number of benzene rings is 1. The first-order valence-corrected chi connectivity index (χ1v) is 5.94. The third kappa shape index (κ3) is 2.29. The fourth-order valence-electron chi connectivity index (χ4n) is 1.80. The Morgan fingerprint density at radius 2 is 2.00 bits per heavy atom. The maximum absolute atomic E-state index is 11.1. The molecule has 0 aliphatic heterocycles. The first-order valence-electron chi connectivity index (χ1n) is 4.53. The molecule has 1 aromatic carbocycles. The summed E-state index contributed by atoms with van der Waals surface area (Å²) in [7, 11) is -4.97. The van der Waals surface area contributed by atoms with Gasteiger partial charge in [-0.25, -0.2) is 8.42 Å². The van der Waals surface area contributed by atoms with Gasteiger partial charge in [-0.2, -0.15) is 0 Å². The molecule has 0 radical (unpaired) electrons. The van der Waals surface area contributed by atoms with Crippen molar-refractivity contribution in [2.75, 3.05) is 0 Å². The van der Waals surface area contributed by atoms with Crippen LogP contribution in [0.25, 0.3) is 6.08 Å². The molecule has 2 N–H and O–H groups in total. The van der Waals surface area contributed by atoms with Gasteiger partial charge in [0.2, 0.25) is 0 Å². The molecule has 0 bridgehead atoms. The number of aliphatic hydroxyl groups is 1. The largest absolute Gasteiger partial charge is 1.00 e.